The Hall–Kier alpha value is -1.79. The first-order valence-electron chi connectivity index (χ1n) is 10.2. The molecular weight excluding hydrogens is 460 g/mol. The summed E-state index contributed by atoms with van der Waals surface area (Å²) in [5, 5.41) is 2.95. The molecule has 0 spiro atoms. The number of benzene rings is 2. The molecule has 1 N–H and O–H groups in total. The van der Waals surface area contributed by atoms with Crippen molar-refractivity contribution in [3.05, 3.63) is 69.7 Å². The Balaban J connectivity index is 2.04. The Kier molecular flexibility index (Phi) is 9.92. The lowest BCUT2D eigenvalue weighted by atomic mass is 10.1. The third kappa shape index (κ3) is 8.15. The number of carbonyl (C=O) groups excluding carboxylic acids is 2. The van der Waals surface area contributed by atoms with Crippen LogP contribution in [0, 0.1) is 12.8 Å². The molecular formula is C24H31BrN2O2S. The Labute approximate surface area is 192 Å². The van der Waals surface area contributed by atoms with Gasteiger partial charge in [0.1, 0.15) is 6.04 Å². The number of hydrogen-bond acceptors (Lipinski definition) is 3. The number of halogens is 1. The van der Waals surface area contributed by atoms with Gasteiger partial charge in [0.25, 0.3) is 0 Å². The number of nitrogens with one attached hydrogen (secondary N) is 1. The zero-order valence-corrected chi connectivity index (χ0v) is 20.6. The van der Waals surface area contributed by atoms with Gasteiger partial charge >= 0.3 is 0 Å². The van der Waals surface area contributed by atoms with Crippen LogP contribution in [0.4, 0.5) is 0 Å². The molecule has 0 heterocycles. The van der Waals surface area contributed by atoms with Crippen LogP contribution < -0.4 is 5.32 Å². The molecule has 0 aliphatic carbocycles. The normalized spacial score (nSPS) is 11.9. The van der Waals surface area contributed by atoms with Crippen molar-refractivity contribution < 1.29 is 9.59 Å². The van der Waals surface area contributed by atoms with Crippen molar-refractivity contribution in [2.75, 3.05) is 12.3 Å². The van der Waals surface area contributed by atoms with E-state index in [4.69, 9.17) is 0 Å². The fourth-order valence-corrected chi connectivity index (χ4v) is 3.98. The summed E-state index contributed by atoms with van der Waals surface area (Å²) in [6.07, 6.45) is 0. The first kappa shape index (κ1) is 24.5. The molecule has 0 radical (unpaired) electrons. The van der Waals surface area contributed by atoms with E-state index in [1.807, 2.05) is 24.3 Å². The fourth-order valence-electron chi connectivity index (χ4n) is 2.84. The summed E-state index contributed by atoms with van der Waals surface area (Å²) in [7, 11) is 0. The lowest BCUT2D eigenvalue weighted by Crippen LogP contribution is -2.48. The molecule has 1 atom stereocenters. The van der Waals surface area contributed by atoms with E-state index < -0.39 is 6.04 Å². The Morgan fingerprint density at radius 1 is 1.00 bits per heavy atom. The zero-order chi connectivity index (χ0) is 22.1. The molecule has 0 saturated heterocycles. The number of rotatable bonds is 10. The van der Waals surface area contributed by atoms with Crippen molar-refractivity contribution in [1.29, 1.82) is 0 Å². The molecule has 2 rings (SSSR count). The lowest BCUT2D eigenvalue weighted by Gasteiger charge is -2.29. The van der Waals surface area contributed by atoms with Gasteiger partial charge in [-0.2, -0.15) is 0 Å². The average molecular weight is 491 g/mol. The molecule has 4 nitrogen and oxygen atoms in total. The first-order chi connectivity index (χ1) is 14.3. The Bertz CT molecular complexity index is 822. The van der Waals surface area contributed by atoms with Crippen LogP contribution in [-0.2, 0) is 21.9 Å². The summed E-state index contributed by atoms with van der Waals surface area (Å²) in [5.41, 5.74) is 3.42. The highest BCUT2D eigenvalue weighted by molar-refractivity contribution is 9.10. The molecule has 0 aliphatic rings. The minimum absolute atomic E-state index is 0.0257. The van der Waals surface area contributed by atoms with Gasteiger partial charge in [-0.3, -0.25) is 9.59 Å². The molecule has 0 unspecified atom stereocenters. The van der Waals surface area contributed by atoms with Gasteiger partial charge in [0.2, 0.25) is 11.8 Å². The van der Waals surface area contributed by atoms with Gasteiger partial charge in [0.15, 0.2) is 0 Å². The van der Waals surface area contributed by atoms with Gasteiger partial charge < -0.3 is 10.2 Å². The summed E-state index contributed by atoms with van der Waals surface area (Å²) >= 11 is 5.02. The van der Waals surface area contributed by atoms with Crippen LogP contribution in [-0.4, -0.2) is 35.1 Å². The zero-order valence-electron chi connectivity index (χ0n) is 18.2. The molecule has 2 aromatic rings. The molecule has 162 valence electrons. The summed E-state index contributed by atoms with van der Waals surface area (Å²) in [4.78, 5) is 27.4. The number of amides is 2. The average Bonchev–Trinajstić information content (AvgIpc) is 2.72. The van der Waals surface area contributed by atoms with Gasteiger partial charge in [-0.05, 0) is 43.0 Å². The number of carbonyl (C=O) groups is 2. The monoisotopic (exact) mass is 490 g/mol. The van der Waals surface area contributed by atoms with E-state index in [9.17, 15) is 9.59 Å². The van der Waals surface area contributed by atoms with Crippen LogP contribution in [0.3, 0.4) is 0 Å². The highest BCUT2D eigenvalue weighted by atomic mass is 79.9. The maximum Gasteiger partial charge on any atom is 0.242 e. The van der Waals surface area contributed by atoms with Crippen LogP contribution in [0.25, 0.3) is 0 Å². The molecule has 0 aromatic heterocycles. The van der Waals surface area contributed by atoms with Crippen molar-refractivity contribution >= 4 is 39.5 Å². The van der Waals surface area contributed by atoms with E-state index in [1.165, 1.54) is 11.1 Å². The number of nitrogens with zero attached hydrogens (tertiary/aromatic N) is 1. The van der Waals surface area contributed by atoms with Crippen LogP contribution in [0.2, 0.25) is 0 Å². The maximum atomic E-state index is 13.1. The summed E-state index contributed by atoms with van der Waals surface area (Å²) in [6, 6.07) is 15.7. The summed E-state index contributed by atoms with van der Waals surface area (Å²) in [6.45, 7) is 8.98. The van der Waals surface area contributed by atoms with Crippen LogP contribution >= 0.6 is 27.7 Å². The third-order valence-electron chi connectivity index (χ3n) is 4.73. The second-order valence-electron chi connectivity index (χ2n) is 7.94. The Morgan fingerprint density at radius 3 is 2.20 bits per heavy atom. The molecule has 2 aromatic carbocycles. The summed E-state index contributed by atoms with van der Waals surface area (Å²) < 4.78 is 0.987. The molecule has 0 aliphatic heterocycles. The lowest BCUT2D eigenvalue weighted by molar-refractivity contribution is -0.138. The third-order valence-corrected chi connectivity index (χ3v) is 6.25. The standard InChI is InChI=1S/C24H31BrN2O2S/c1-17(2)13-26-24(29)19(4)27(14-20-9-11-22(25)12-10-20)23(28)16-30-15-21-7-5-18(3)6-8-21/h5-12,17,19H,13-16H2,1-4H3,(H,26,29)/t19-/m1/s1. The molecule has 0 saturated carbocycles. The van der Waals surface area contributed by atoms with Gasteiger partial charge in [-0.15, -0.1) is 11.8 Å². The van der Waals surface area contributed by atoms with Crippen molar-refractivity contribution in [1.82, 2.24) is 10.2 Å². The quantitative estimate of drug-likeness (QED) is 0.498. The van der Waals surface area contributed by atoms with E-state index >= 15 is 0 Å². The predicted molar refractivity (Wildman–Crippen MR) is 129 cm³/mol. The van der Waals surface area contributed by atoms with Gasteiger partial charge in [0.05, 0.1) is 5.75 Å². The Morgan fingerprint density at radius 2 is 1.60 bits per heavy atom. The first-order valence-corrected chi connectivity index (χ1v) is 12.2. The number of thioether (sulfide) groups is 1. The number of aryl methyl sites for hydroxylation is 1. The van der Waals surface area contributed by atoms with Gasteiger partial charge in [-0.1, -0.05) is 71.7 Å². The van der Waals surface area contributed by atoms with Crippen LogP contribution in [0.1, 0.15) is 37.5 Å². The van der Waals surface area contributed by atoms with Crippen molar-refractivity contribution in [2.45, 2.75) is 46.0 Å². The van der Waals surface area contributed by atoms with Gasteiger partial charge in [0, 0.05) is 23.3 Å². The van der Waals surface area contributed by atoms with E-state index in [0.29, 0.717) is 24.8 Å². The minimum atomic E-state index is -0.528. The highest BCUT2D eigenvalue weighted by Gasteiger charge is 2.26. The molecule has 0 bridgehead atoms. The SMILES string of the molecule is Cc1ccc(CSCC(=O)N(Cc2ccc(Br)cc2)[C@H](C)C(=O)NCC(C)C)cc1. The molecule has 2 amide bonds. The van der Waals surface area contributed by atoms with Crippen LogP contribution in [0.15, 0.2) is 53.0 Å². The van der Waals surface area contributed by atoms with E-state index in [-0.39, 0.29) is 11.8 Å². The fraction of sp³-hybridized carbons (Fsp3) is 0.417. The van der Waals surface area contributed by atoms with Crippen molar-refractivity contribution in [2.24, 2.45) is 5.92 Å². The van der Waals surface area contributed by atoms with Crippen molar-refractivity contribution in [3.8, 4) is 0 Å². The van der Waals surface area contributed by atoms with Gasteiger partial charge in [-0.25, -0.2) is 0 Å². The van der Waals surface area contributed by atoms with E-state index in [1.54, 1.807) is 23.6 Å². The second kappa shape index (κ2) is 12.2. The molecule has 6 heteroatoms. The second-order valence-corrected chi connectivity index (χ2v) is 9.84. The summed E-state index contributed by atoms with van der Waals surface area (Å²) in [5.74, 6) is 1.33. The maximum absolute atomic E-state index is 13.1. The molecule has 0 fully saturated rings. The minimum Gasteiger partial charge on any atom is -0.354 e. The smallest absolute Gasteiger partial charge is 0.242 e. The van der Waals surface area contributed by atoms with Crippen molar-refractivity contribution in [3.63, 3.8) is 0 Å². The molecule has 30 heavy (non-hydrogen) atoms. The predicted octanol–water partition coefficient (Wildman–Crippen LogP) is 5.18. The number of hydrogen-bond donors (Lipinski definition) is 1. The van der Waals surface area contributed by atoms with Crippen LogP contribution in [0.5, 0.6) is 0 Å². The van der Waals surface area contributed by atoms with E-state index in [2.05, 4.69) is 66.3 Å². The topological polar surface area (TPSA) is 49.4 Å². The highest BCUT2D eigenvalue weighted by Crippen LogP contribution is 2.18. The van der Waals surface area contributed by atoms with E-state index in [0.717, 1.165) is 15.8 Å². The largest absolute Gasteiger partial charge is 0.354 e.